The summed E-state index contributed by atoms with van der Waals surface area (Å²) in [6.45, 7) is 0.0868. The first-order valence-electron chi connectivity index (χ1n) is 11.5. The highest BCUT2D eigenvalue weighted by atomic mass is 16.5. The fourth-order valence-electron chi connectivity index (χ4n) is 4.18. The molecule has 1 aliphatic rings. The number of furan rings is 1. The van der Waals surface area contributed by atoms with Gasteiger partial charge >= 0.3 is 0 Å². The Kier molecular flexibility index (Phi) is 6.49. The average molecular weight is 478 g/mol. The molecule has 0 spiro atoms. The number of hydrogen-bond donors (Lipinski definition) is 1. The summed E-state index contributed by atoms with van der Waals surface area (Å²) in [6, 6.07) is 28.5. The molecule has 0 radical (unpaired) electrons. The van der Waals surface area contributed by atoms with Crippen LogP contribution in [-0.2, 0) is 16.1 Å². The van der Waals surface area contributed by atoms with Crippen molar-refractivity contribution in [3.63, 3.8) is 0 Å². The fourth-order valence-corrected chi connectivity index (χ4v) is 4.18. The standard InChI is InChI=1S/C30H23NO5/c32-26(17-16-21-9-3-1-4-10-21)27-28(31(30(34)29(27)33)20-25-15-8-18-35-25)22-11-7-14-24(19-22)36-23-12-5-2-6-13-23/h1-19,28,33H,20H2. The molecule has 0 fully saturated rings. The number of aliphatic hydroxyl groups is 1. The fraction of sp³-hybridized carbons (Fsp3) is 0.0667. The third-order valence-electron chi connectivity index (χ3n) is 5.85. The summed E-state index contributed by atoms with van der Waals surface area (Å²) in [5.41, 5.74) is 1.47. The first-order valence-corrected chi connectivity index (χ1v) is 11.5. The predicted molar refractivity (Wildman–Crippen MR) is 135 cm³/mol. The highest BCUT2D eigenvalue weighted by Gasteiger charge is 2.43. The maximum atomic E-state index is 13.3. The monoisotopic (exact) mass is 477 g/mol. The van der Waals surface area contributed by atoms with E-state index in [1.165, 1.54) is 17.2 Å². The van der Waals surface area contributed by atoms with E-state index in [-0.39, 0.29) is 12.1 Å². The lowest BCUT2D eigenvalue weighted by atomic mass is 9.95. The van der Waals surface area contributed by atoms with Crippen LogP contribution in [0.5, 0.6) is 11.5 Å². The van der Waals surface area contributed by atoms with Crippen molar-refractivity contribution >= 4 is 17.8 Å². The van der Waals surface area contributed by atoms with Crippen molar-refractivity contribution in [3.05, 3.63) is 138 Å². The van der Waals surface area contributed by atoms with E-state index in [1.807, 2.05) is 60.7 Å². The van der Waals surface area contributed by atoms with Gasteiger partial charge in [0.15, 0.2) is 11.5 Å². The van der Waals surface area contributed by atoms with Crippen LogP contribution in [0.3, 0.4) is 0 Å². The Balaban J connectivity index is 1.52. The second-order valence-electron chi connectivity index (χ2n) is 8.27. The van der Waals surface area contributed by atoms with Crippen LogP contribution in [0.4, 0.5) is 0 Å². The van der Waals surface area contributed by atoms with Gasteiger partial charge in [0.25, 0.3) is 5.91 Å². The molecule has 0 saturated carbocycles. The zero-order valence-electron chi connectivity index (χ0n) is 19.3. The summed E-state index contributed by atoms with van der Waals surface area (Å²) in [6.07, 6.45) is 4.55. The lowest BCUT2D eigenvalue weighted by Crippen LogP contribution is -2.30. The lowest BCUT2D eigenvalue weighted by Gasteiger charge is -2.26. The van der Waals surface area contributed by atoms with Crippen molar-refractivity contribution in [1.29, 1.82) is 0 Å². The predicted octanol–water partition coefficient (Wildman–Crippen LogP) is 6.25. The molecule has 6 heteroatoms. The topological polar surface area (TPSA) is 80.0 Å². The number of carbonyl (C=O) groups excluding carboxylic acids is 2. The Morgan fingerprint density at radius 3 is 2.36 bits per heavy atom. The lowest BCUT2D eigenvalue weighted by molar-refractivity contribution is -0.130. The minimum atomic E-state index is -0.824. The summed E-state index contributed by atoms with van der Waals surface area (Å²) < 4.78 is 11.4. The van der Waals surface area contributed by atoms with Gasteiger partial charge in [0, 0.05) is 0 Å². The van der Waals surface area contributed by atoms with Crippen molar-refractivity contribution in [1.82, 2.24) is 4.90 Å². The molecule has 1 N–H and O–H groups in total. The number of allylic oxidation sites excluding steroid dienone is 1. The number of benzene rings is 3. The minimum absolute atomic E-state index is 0.00981. The van der Waals surface area contributed by atoms with Crippen molar-refractivity contribution in [2.24, 2.45) is 0 Å². The molecule has 1 amide bonds. The molecule has 1 unspecified atom stereocenters. The molecule has 1 atom stereocenters. The van der Waals surface area contributed by atoms with Gasteiger partial charge < -0.3 is 19.2 Å². The van der Waals surface area contributed by atoms with E-state index in [1.54, 1.807) is 42.5 Å². The highest BCUT2D eigenvalue weighted by Crippen LogP contribution is 2.40. The molecular weight excluding hydrogens is 454 g/mol. The molecule has 5 rings (SSSR count). The van der Waals surface area contributed by atoms with E-state index >= 15 is 0 Å². The zero-order chi connectivity index (χ0) is 24.9. The number of hydrogen-bond acceptors (Lipinski definition) is 5. The van der Waals surface area contributed by atoms with Crippen LogP contribution in [0.25, 0.3) is 6.08 Å². The Bertz CT molecular complexity index is 1420. The van der Waals surface area contributed by atoms with Gasteiger partial charge in [-0.15, -0.1) is 0 Å². The normalized spacial score (nSPS) is 15.6. The summed E-state index contributed by atoms with van der Waals surface area (Å²) >= 11 is 0. The second kappa shape index (κ2) is 10.2. The van der Waals surface area contributed by atoms with Gasteiger partial charge in [-0.05, 0) is 53.6 Å². The molecule has 0 bridgehead atoms. The number of aliphatic hydroxyl groups excluding tert-OH is 1. The quantitative estimate of drug-likeness (QED) is 0.304. The smallest absolute Gasteiger partial charge is 0.290 e. The number of rotatable bonds is 8. The molecule has 36 heavy (non-hydrogen) atoms. The van der Waals surface area contributed by atoms with Crippen LogP contribution in [0.2, 0.25) is 0 Å². The van der Waals surface area contributed by atoms with Gasteiger partial charge in [0.05, 0.1) is 24.4 Å². The Labute approximate surface area is 208 Å². The van der Waals surface area contributed by atoms with E-state index in [0.29, 0.717) is 22.8 Å². The number of ether oxygens (including phenoxy) is 1. The van der Waals surface area contributed by atoms with E-state index in [9.17, 15) is 14.7 Å². The van der Waals surface area contributed by atoms with Gasteiger partial charge in [-0.2, -0.15) is 0 Å². The van der Waals surface area contributed by atoms with Crippen LogP contribution in [0, 0.1) is 0 Å². The summed E-state index contributed by atoms with van der Waals surface area (Å²) in [5, 5.41) is 10.8. The molecule has 178 valence electrons. The number of nitrogens with zero attached hydrogens (tertiary/aromatic N) is 1. The Hall–Kier alpha value is -4.84. The van der Waals surface area contributed by atoms with E-state index in [4.69, 9.17) is 9.15 Å². The summed E-state index contributed by atoms with van der Waals surface area (Å²) in [5.74, 6) is 0.0791. The molecule has 1 aromatic heterocycles. The van der Waals surface area contributed by atoms with E-state index in [0.717, 1.165) is 5.56 Å². The van der Waals surface area contributed by atoms with Gasteiger partial charge in [-0.3, -0.25) is 9.59 Å². The van der Waals surface area contributed by atoms with Crippen molar-refractivity contribution in [3.8, 4) is 11.5 Å². The zero-order valence-corrected chi connectivity index (χ0v) is 19.3. The van der Waals surface area contributed by atoms with Crippen LogP contribution >= 0.6 is 0 Å². The maximum absolute atomic E-state index is 13.3. The third-order valence-corrected chi connectivity index (χ3v) is 5.85. The van der Waals surface area contributed by atoms with E-state index in [2.05, 4.69) is 0 Å². The first kappa shape index (κ1) is 22.9. The number of carbonyl (C=O) groups is 2. The van der Waals surface area contributed by atoms with Crippen LogP contribution in [0.1, 0.15) is 22.9 Å². The van der Waals surface area contributed by atoms with Crippen molar-refractivity contribution < 1.29 is 23.8 Å². The minimum Gasteiger partial charge on any atom is -0.503 e. The van der Waals surface area contributed by atoms with Crippen LogP contribution in [0.15, 0.2) is 125 Å². The van der Waals surface area contributed by atoms with Crippen LogP contribution in [-0.4, -0.2) is 21.7 Å². The Morgan fingerprint density at radius 1 is 0.917 bits per heavy atom. The largest absolute Gasteiger partial charge is 0.503 e. The van der Waals surface area contributed by atoms with Gasteiger partial charge in [-0.25, -0.2) is 0 Å². The van der Waals surface area contributed by atoms with Gasteiger partial charge in [0.2, 0.25) is 0 Å². The van der Waals surface area contributed by atoms with Crippen molar-refractivity contribution in [2.75, 3.05) is 0 Å². The SMILES string of the molecule is O=C(C=Cc1ccccc1)C1=C(O)C(=O)N(Cc2ccco2)C1c1cccc(Oc2ccccc2)c1. The molecule has 0 saturated heterocycles. The summed E-state index contributed by atoms with van der Waals surface area (Å²) in [4.78, 5) is 27.9. The second-order valence-corrected chi connectivity index (χ2v) is 8.27. The number of ketones is 1. The molecule has 6 nitrogen and oxygen atoms in total. The molecule has 4 aromatic rings. The van der Waals surface area contributed by atoms with Crippen LogP contribution < -0.4 is 4.74 Å². The Morgan fingerprint density at radius 2 is 1.64 bits per heavy atom. The third kappa shape index (κ3) is 4.83. The summed E-state index contributed by atoms with van der Waals surface area (Å²) in [7, 11) is 0. The maximum Gasteiger partial charge on any atom is 0.290 e. The molecule has 0 aliphatic carbocycles. The number of para-hydroxylation sites is 1. The molecule has 3 aromatic carbocycles. The average Bonchev–Trinajstić information content (AvgIpc) is 3.51. The first-order chi connectivity index (χ1) is 17.6. The van der Waals surface area contributed by atoms with Gasteiger partial charge in [0.1, 0.15) is 17.3 Å². The van der Waals surface area contributed by atoms with Crippen molar-refractivity contribution in [2.45, 2.75) is 12.6 Å². The molecule has 2 heterocycles. The molecule has 1 aliphatic heterocycles. The molecular formula is C30H23NO5. The highest BCUT2D eigenvalue weighted by molar-refractivity contribution is 6.14. The van der Waals surface area contributed by atoms with E-state index < -0.39 is 23.5 Å². The number of amides is 1. The van der Waals surface area contributed by atoms with Gasteiger partial charge in [-0.1, -0.05) is 66.7 Å².